The summed E-state index contributed by atoms with van der Waals surface area (Å²) in [7, 11) is 0. The third-order valence-corrected chi connectivity index (χ3v) is 2.72. The third kappa shape index (κ3) is 3.38. The van der Waals surface area contributed by atoms with Crippen LogP contribution >= 0.6 is 0 Å². The first-order valence-corrected chi connectivity index (χ1v) is 5.64. The monoisotopic (exact) mass is 223 g/mol. The van der Waals surface area contributed by atoms with Gasteiger partial charge in [0.2, 0.25) is 0 Å². The number of aliphatic hydroxyl groups excluding tert-OH is 1. The molecule has 0 saturated carbocycles. The molecule has 0 aliphatic rings. The first-order valence-electron chi connectivity index (χ1n) is 5.64. The number of nitrogens with two attached hydrogens (primary N) is 1. The molecule has 90 valence electrons. The number of nitrogens with zero attached hydrogens (tertiary/aromatic N) is 1. The van der Waals surface area contributed by atoms with Crippen LogP contribution < -0.4 is 11.1 Å². The van der Waals surface area contributed by atoms with Gasteiger partial charge in [0.1, 0.15) is 5.82 Å². The second-order valence-electron chi connectivity index (χ2n) is 4.43. The summed E-state index contributed by atoms with van der Waals surface area (Å²) in [5.41, 5.74) is 7.54. The molecule has 0 aliphatic carbocycles. The minimum absolute atomic E-state index is 0.178. The van der Waals surface area contributed by atoms with Gasteiger partial charge >= 0.3 is 0 Å². The summed E-state index contributed by atoms with van der Waals surface area (Å²) in [6, 6.07) is 2.06. The Morgan fingerprint density at radius 3 is 2.69 bits per heavy atom. The standard InChI is InChI=1S/C12H21N3O/c1-8(2)11(4-5-16)15-12-6-10(13)9(3)7-14-12/h6-8,11,16H,4-5H2,1-3H3,(H3,13,14,15). The highest BCUT2D eigenvalue weighted by atomic mass is 16.3. The molecule has 4 nitrogen and oxygen atoms in total. The lowest BCUT2D eigenvalue weighted by molar-refractivity contribution is 0.267. The zero-order valence-electron chi connectivity index (χ0n) is 10.2. The molecule has 16 heavy (non-hydrogen) atoms. The predicted octanol–water partition coefficient (Wildman–Crippen LogP) is 1.79. The van der Waals surface area contributed by atoms with Gasteiger partial charge in [0.25, 0.3) is 0 Å². The van der Waals surface area contributed by atoms with E-state index in [1.807, 2.05) is 13.0 Å². The minimum atomic E-state index is 0.178. The Morgan fingerprint density at radius 1 is 1.50 bits per heavy atom. The van der Waals surface area contributed by atoms with E-state index in [0.29, 0.717) is 12.3 Å². The average Bonchev–Trinajstić information content (AvgIpc) is 2.22. The lowest BCUT2D eigenvalue weighted by atomic mass is 10.0. The molecule has 0 amide bonds. The molecule has 0 saturated heterocycles. The maximum atomic E-state index is 8.98. The van der Waals surface area contributed by atoms with Gasteiger partial charge in [-0.2, -0.15) is 0 Å². The summed E-state index contributed by atoms with van der Waals surface area (Å²) in [4.78, 5) is 4.27. The lowest BCUT2D eigenvalue weighted by Gasteiger charge is -2.22. The molecule has 1 atom stereocenters. The molecule has 1 aromatic heterocycles. The van der Waals surface area contributed by atoms with Crippen molar-refractivity contribution in [2.75, 3.05) is 17.7 Å². The van der Waals surface area contributed by atoms with Gasteiger partial charge in [0.05, 0.1) is 0 Å². The molecule has 1 unspecified atom stereocenters. The Kier molecular flexibility index (Phi) is 4.55. The SMILES string of the molecule is Cc1cnc(NC(CCO)C(C)C)cc1N. The van der Waals surface area contributed by atoms with Gasteiger partial charge < -0.3 is 16.2 Å². The molecule has 4 heteroatoms. The van der Waals surface area contributed by atoms with Crippen molar-refractivity contribution in [2.24, 2.45) is 5.92 Å². The van der Waals surface area contributed by atoms with Crippen LogP contribution in [-0.4, -0.2) is 22.7 Å². The molecule has 0 bridgehead atoms. The maximum Gasteiger partial charge on any atom is 0.128 e. The second kappa shape index (κ2) is 5.70. The van der Waals surface area contributed by atoms with Crippen LogP contribution in [0.4, 0.5) is 11.5 Å². The van der Waals surface area contributed by atoms with Crippen LogP contribution in [0, 0.1) is 12.8 Å². The Labute approximate surface area is 96.9 Å². The molecule has 0 aliphatic heterocycles. The van der Waals surface area contributed by atoms with Crippen molar-refractivity contribution in [2.45, 2.75) is 33.2 Å². The van der Waals surface area contributed by atoms with Crippen LogP contribution in [0.3, 0.4) is 0 Å². The van der Waals surface area contributed by atoms with Crippen LogP contribution in [0.15, 0.2) is 12.3 Å². The van der Waals surface area contributed by atoms with Crippen LogP contribution in [0.25, 0.3) is 0 Å². The van der Waals surface area contributed by atoms with E-state index in [2.05, 4.69) is 24.1 Å². The van der Waals surface area contributed by atoms with Crippen LogP contribution in [0.5, 0.6) is 0 Å². The number of aliphatic hydroxyl groups is 1. The van der Waals surface area contributed by atoms with Crippen molar-refractivity contribution in [3.05, 3.63) is 17.8 Å². The largest absolute Gasteiger partial charge is 0.398 e. The zero-order valence-corrected chi connectivity index (χ0v) is 10.2. The van der Waals surface area contributed by atoms with E-state index in [1.165, 1.54) is 0 Å². The maximum absolute atomic E-state index is 8.98. The number of pyridine rings is 1. The van der Waals surface area contributed by atoms with Gasteiger partial charge in [-0.25, -0.2) is 4.98 Å². The second-order valence-corrected chi connectivity index (χ2v) is 4.43. The zero-order chi connectivity index (χ0) is 12.1. The van der Waals surface area contributed by atoms with Crippen molar-refractivity contribution in [1.29, 1.82) is 0 Å². The van der Waals surface area contributed by atoms with Crippen molar-refractivity contribution in [3.63, 3.8) is 0 Å². The van der Waals surface area contributed by atoms with E-state index < -0.39 is 0 Å². The summed E-state index contributed by atoms with van der Waals surface area (Å²) in [5, 5.41) is 12.3. The predicted molar refractivity (Wildman–Crippen MR) is 67.3 cm³/mol. The smallest absolute Gasteiger partial charge is 0.128 e. The number of aryl methyl sites for hydroxylation is 1. The molecular weight excluding hydrogens is 202 g/mol. The van der Waals surface area contributed by atoms with Crippen molar-refractivity contribution in [3.8, 4) is 0 Å². The normalized spacial score (nSPS) is 12.8. The lowest BCUT2D eigenvalue weighted by Crippen LogP contribution is -2.27. The fourth-order valence-electron chi connectivity index (χ4n) is 1.52. The Bertz CT molecular complexity index is 339. The quantitative estimate of drug-likeness (QED) is 0.711. The van der Waals surface area contributed by atoms with Crippen LogP contribution in [0.1, 0.15) is 25.8 Å². The van der Waals surface area contributed by atoms with E-state index in [4.69, 9.17) is 10.8 Å². The molecule has 0 aromatic carbocycles. The number of hydrogen-bond donors (Lipinski definition) is 3. The Balaban J connectivity index is 2.73. The van der Waals surface area contributed by atoms with Gasteiger partial charge in [0, 0.05) is 30.6 Å². The van der Waals surface area contributed by atoms with E-state index >= 15 is 0 Å². The molecule has 1 rings (SSSR count). The summed E-state index contributed by atoms with van der Waals surface area (Å²) >= 11 is 0. The van der Waals surface area contributed by atoms with Gasteiger partial charge in [-0.3, -0.25) is 0 Å². The van der Waals surface area contributed by atoms with Crippen molar-refractivity contribution in [1.82, 2.24) is 4.98 Å². The van der Waals surface area contributed by atoms with Gasteiger partial charge in [-0.15, -0.1) is 0 Å². The number of nitrogen functional groups attached to an aromatic ring is 1. The van der Waals surface area contributed by atoms with Gasteiger partial charge in [-0.05, 0) is 24.8 Å². The topological polar surface area (TPSA) is 71.2 Å². The number of aromatic nitrogens is 1. The summed E-state index contributed by atoms with van der Waals surface area (Å²) in [6.45, 7) is 6.34. The summed E-state index contributed by atoms with van der Waals surface area (Å²) in [5.74, 6) is 1.21. The molecule has 0 radical (unpaired) electrons. The molecule has 4 N–H and O–H groups in total. The molecule has 1 heterocycles. The van der Waals surface area contributed by atoms with Gasteiger partial charge in [-0.1, -0.05) is 13.8 Å². The van der Waals surface area contributed by atoms with E-state index in [9.17, 15) is 0 Å². The third-order valence-electron chi connectivity index (χ3n) is 2.72. The fourth-order valence-corrected chi connectivity index (χ4v) is 1.52. The minimum Gasteiger partial charge on any atom is -0.398 e. The number of anilines is 2. The van der Waals surface area contributed by atoms with Crippen LogP contribution in [-0.2, 0) is 0 Å². The van der Waals surface area contributed by atoms with E-state index in [-0.39, 0.29) is 12.6 Å². The average molecular weight is 223 g/mol. The highest BCUT2D eigenvalue weighted by Crippen LogP contribution is 2.17. The number of nitrogens with one attached hydrogen (secondary N) is 1. The summed E-state index contributed by atoms with van der Waals surface area (Å²) in [6.07, 6.45) is 2.47. The molecule has 0 fully saturated rings. The molecule has 0 spiro atoms. The number of hydrogen-bond acceptors (Lipinski definition) is 4. The van der Waals surface area contributed by atoms with E-state index in [0.717, 1.165) is 17.1 Å². The molecular formula is C12H21N3O. The van der Waals surface area contributed by atoms with Crippen LogP contribution in [0.2, 0.25) is 0 Å². The van der Waals surface area contributed by atoms with E-state index in [1.54, 1.807) is 6.20 Å². The summed E-state index contributed by atoms with van der Waals surface area (Å²) < 4.78 is 0. The van der Waals surface area contributed by atoms with Crippen molar-refractivity contribution >= 4 is 11.5 Å². The first kappa shape index (κ1) is 12.8. The first-order chi connectivity index (χ1) is 7.54. The fraction of sp³-hybridized carbons (Fsp3) is 0.583. The molecule has 1 aromatic rings. The Morgan fingerprint density at radius 2 is 2.19 bits per heavy atom. The highest BCUT2D eigenvalue weighted by Gasteiger charge is 2.13. The highest BCUT2D eigenvalue weighted by molar-refractivity contribution is 5.53. The Hall–Kier alpha value is -1.29. The van der Waals surface area contributed by atoms with Crippen molar-refractivity contribution < 1.29 is 5.11 Å². The number of rotatable bonds is 5. The van der Waals surface area contributed by atoms with Gasteiger partial charge in [0.15, 0.2) is 0 Å².